The van der Waals surface area contributed by atoms with E-state index < -0.39 is 5.97 Å². The Labute approximate surface area is 88.9 Å². The van der Waals surface area contributed by atoms with Crippen LogP contribution in [0, 0.1) is 11.3 Å². The molecule has 0 radical (unpaired) electrons. The van der Waals surface area contributed by atoms with Crippen LogP contribution in [0.15, 0.2) is 11.6 Å². The van der Waals surface area contributed by atoms with Crippen molar-refractivity contribution < 1.29 is 19.4 Å². The molecule has 0 aliphatic carbocycles. The number of carboxylic acid groups (broad SMARTS) is 1. The van der Waals surface area contributed by atoms with Crippen molar-refractivity contribution in [3.05, 3.63) is 11.6 Å². The molecule has 0 aliphatic heterocycles. The van der Waals surface area contributed by atoms with E-state index in [0.29, 0.717) is 32.8 Å². The van der Waals surface area contributed by atoms with E-state index in [4.69, 9.17) is 19.8 Å². The topological polar surface area (TPSA) is 79.5 Å². The third-order valence-electron chi connectivity index (χ3n) is 1.54. The minimum atomic E-state index is -1.20. The Morgan fingerprint density at radius 3 is 2.60 bits per heavy atom. The quantitative estimate of drug-likeness (QED) is 0.369. The van der Waals surface area contributed by atoms with Crippen molar-refractivity contribution in [1.82, 2.24) is 0 Å². The summed E-state index contributed by atoms with van der Waals surface area (Å²) in [5.74, 6) is -1.20. The Morgan fingerprint density at radius 2 is 2.07 bits per heavy atom. The third kappa shape index (κ3) is 7.67. The van der Waals surface area contributed by atoms with E-state index >= 15 is 0 Å². The number of ether oxygens (including phenoxy) is 2. The van der Waals surface area contributed by atoms with Crippen LogP contribution in [0.25, 0.3) is 0 Å². The number of rotatable bonds is 8. The highest BCUT2D eigenvalue weighted by atomic mass is 16.5. The summed E-state index contributed by atoms with van der Waals surface area (Å²) in [5, 5.41) is 16.9. The van der Waals surface area contributed by atoms with Gasteiger partial charge in [0.2, 0.25) is 0 Å². The zero-order valence-corrected chi connectivity index (χ0v) is 8.73. The minimum Gasteiger partial charge on any atom is -0.477 e. The zero-order chi connectivity index (χ0) is 11.5. The van der Waals surface area contributed by atoms with Crippen molar-refractivity contribution in [1.29, 1.82) is 5.26 Å². The Hall–Kier alpha value is -1.38. The van der Waals surface area contributed by atoms with E-state index in [9.17, 15) is 4.79 Å². The highest BCUT2D eigenvalue weighted by Gasteiger charge is 2.03. The van der Waals surface area contributed by atoms with Crippen molar-refractivity contribution in [3.63, 3.8) is 0 Å². The maximum atomic E-state index is 10.4. The normalized spacial score (nSPS) is 11.1. The van der Waals surface area contributed by atoms with Gasteiger partial charge in [0.1, 0.15) is 11.6 Å². The van der Waals surface area contributed by atoms with Crippen molar-refractivity contribution in [2.75, 3.05) is 26.4 Å². The lowest BCUT2D eigenvalue weighted by Gasteiger charge is -2.01. The Balaban J connectivity index is 3.52. The number of carbonyl (C=O) groups is 1. The van der Waals surface area contributed by atoms with E-state index in [0.717, 1.165) is 0 Å². The van der Waals surface area contributed by atoms with Gasteiger partial charge in [0.05, 0.1) is 19.8 Å². The lowest BCUT2D eigenvalue weighted by atomic mass is 10.2. The number of nitriles is 1. The largest absolute Gasteiger partial charge is 0.477 e. The minimum absolute atomic E-state index is 0.247. The summed E-state index contributed by atoms with van der Waals surface area (Å²) >= 11 is 0. The molecule has 0 atom stereocenters. The maximum Gasteiger partial charge on any atom is 0.346 e. The summed E-state index contributed by atoms with van der Waals surface area (Å²) in [5.41, 5.74) is -0.247. The van der Waals surface area contributed by atoms with Gasteiger partial charge in [0, 0.05) is 6.61 Å². The molecule has 0 aromatic heterocycles. The summed E-state index contributed by atoms with van der Waals surface area (Å²) in [6.07, 6.45) is 1.77. The van der Waals surface area contributed by atoms with Gasteiger partial charge >= 0.3 is 5.97 Å². The fourth-order valence-electron chi connectivity index (χ4n) is 0.832. The molecule has 0 rings (SSSR count). The van der Waals surface area contributed by atoms with Gasteiger partial charge < -0.3 is 14.6 Å². The second-order valence-electron chi connectivity index (χ2n) is 2.63. The second kappa shape index (κ2) is 9.19. The molecule has 0 amide bonds. The van der Waals surface area contributed by atoms with Crippen LogP contribution < -0.4 is 0 Å². The molecule has 0 aliphatic rings. The lowest BCUT2D eigenvalue weighted by Crippen LogP contribution is -2.05. The first kappa shape index (κ1) is 13.6. The molecule has 15 heavy (non-hydrogen) atoms. The highest BCUT2D eigenvalue weighted by Crippen LogP contribution is 1.95. The van der Waals surface area contributed by atoms with Gasteiger partial charge in [-0.05, 0) is 13.3 Å². The van der Waals surface area contributed by atoms with Gasteiger partial charge in [-0.1, -0.05) is 6.08 Å². The van der Waals surface area contributed by atoms with Crippen LogP contribution in [0.1, 0.15) is 13.3 Å². The lowest BCUT2D eigenvalue weighted by molar-refractivity contribution is -0.132. The zero-order valence-electron chi connectivity index (χ0n) is 8.73. The van der Waals surface area contributed by atoms with E-state index in [-0.39, 0.29) is 5.57 Å². The SMILES string of the molecule is CCOCCOCCC=C(C#N)C(=O)O. The molecule has 0 unspecified atom stereocenters. The first-order chi connectivity index (χ1) is 7.22. The molecular formula is C10H15NO4. The number of aliphatic carboxylic acids is 1. The average Bonchev–Trinajstić information content (AvgIpc) is 2.21. The van der Waals surface area contributed by atoms with Gasteiger partial charge in [-0.3, -0.25) is 0 Å². The van der Waals surface area contributed by atoms with Crippen LogP contribution in [-0.4, -0.2) is 37.5 Å². The Kier molecular flexibility index (Phi) is 8.34. The summed E-state index contributed by atoms with van der Waals surface area (Å²) in [4.78, 5) is 10.4. The molecule has 5 nitrogen and oxygen atoms in total. The van der Waals surface area contributed by atoms with Gasteiger partial charge in [0.25, 0.3) is 0 Å². The van der Waals surface area contributed by atoms with Crippen molar-refractivity contribution in [2.45, 2.75) is 13.3 Å². The predicted molar refractivity (Wildman–Crippen MR) is 53.3 cm³/mol. The van der Waals surface area contributed by atoms with Crippen molar-refractivity contribution in [2.24, 2.45) is 0 Å². The molecular weight excluding hydrogens is 198 g/mol. The summed E-state index contributed by atoms with van der Waals surface area (Å²) in [6.45, 7) is 3.96. The van der Waals surface area contributed by atoms with Crippen LogP contribution in [0.3, 0.4) is 0 Å². The van der Waals surface area contributed by atoms with Crippen LogP contribution >= 0.6 is 0 Å². The molecule has 0 saturated carbocycles. The third-order valence-corrected chi connectivity index (χ3v) is 1.54. The molecule has 1 N–H and O–H groups in total. The van der Waals surface area contributed by atoms with Crippen LogP contribution in [0.2, 0.25) is 0 Å². The maximum absolute atomic E-state index is 10.4. The van der Waals surface area contributed by atoms with Crippen LogP contribution in [0.4, 0.5) is 0 Å². The summed E-state index contributed by atoms with van der Waals surface area (Å²) < 4.78 is 10.2. The van der Waals surface area contributed by atoms with Gasteiger partial charge in [-0.15, -0.1) is 0 Å². The molecule has 0 fully saturated rings. The molecule has 0 aromatic carbocycles. The number of hydrogen-bond donors (Lipinski definition) is 1. The standard InChI is InChI=1S/C10H15NO4/c1-2-14-6-7-15-5-3-4-9(8-11)10(12)13/h4H,2-3,5-7H2,1H3,(H,12,13). The van der Waals surface area contributed by atoms with E-state index in [1.807, 2.05) is 6.92 Å². The highest BCUT2D eigenvalue weighted by molar-refractivity contribution is 5.90. The van der Waals surface area contributed by atoms with Crippen molar-refractivity contribution >= 4 is 5.97 Å². The molecule has 0 aromatic rings. The fourth-order valence-corrected chi connectivity index (χ4v) is 0.832. The van der Waals surface area contributed by atoms with Gasteiger partial charge in [-0.25, -0.2) is 4.79 Å². The van der Waals surface area contributed by atoms with E-state index in [1.165, 1.54) is 6.08 Å². The summed E-state index contributed by atoms with van der Waals surface area (Å²) in [6, 6.07) is 1.59. The average molecular weight is 213 g/mol. The number of carboxylic acids is 1. The molecule has 0 heterocycles. The number of hydrogen-bond acceptors (Lipinski definition) is 4. The van der Waals surface area contributed by atoms with E-state index in [1.54, 1.807) is 6.07 Å². The fraction of sp³-hybridized carbons (Fsp3) is 0.600. The summed E-state index contributed by atoms with van der Waals surface area (Å²) in [7, 11) is 0. The van der Waals surface area contributed by atoms with Crippen LogP contribution in [0.5, 0.6) is 0 Å². The van der Waals surface area contributed by atoms with Crippen LogP contribution in [-0.2, 0) is 14.3 Å². The monoisotopic (exact) mass is 213 g/mol. The first-order valence-corrected chi connectivity index (χ1v) is 4.71. The van der Waals surface area contributed by atoms with E-state index in [2.05, 4.69) is 0 Å². The second-order valence-corrected chi connectivity index (χ2v) is 2.63. The molecule has 0 spiro atoms. The smallest absolute Gasteiger partial charge is 0.346 e. The van der Waals surface area contributed by atoms with Gasteiger partial charge in [-0.2, -0.15) is 5.26 Å². The Morgan fingerprint density at radius 1 is 1.40 bits per heavy atom. The molecule has 84 valence electrons. The molecule has 5 heteroatoms. The first-order valence-electron chi connectivity index (χ1n) is 4.71. The molecule has 0 bridgehead atoms. The van der Waals surface area contributed by atoms with Crippen molar-refractivity contribution in [3.8, 4) is 6.07 Å². The predicted octanol–water partition coefficient (Wildman–Crippen LogP) is 0.964. The Bertz CT molecular complexity index is 255. The number of nitrogens with zero attached hydrogens (tertiary/aromatic N) is 1. The van der Waals surface area contributed by atoms with Gasteiger partial charge in [0.15, 0.2) is 0 Å². The molecule has 0 saturated heterocycles.